The predicted molar refractivity (Wildman–Crippen MR) is 81.5 cm³/mol. The minimum atomic E-state index is 0.992. The summed E-state index contributed by atoms with van der Waals surface area (Å²) < 4.78 is 0. The minimum Gasteiger partial charge on any atom is -0.388 e. The second-order valence-corrected chi connectivity index (χ2v) is 5.30. The molecule has 2 aliphatic rings. The smallest absolute Gasteiger partial charge is 0.0425 e. The predicted octanol–water partition coefficient (Wildman–Crippen LogP) is 1.44. The zero-order valence-corrected chi connectivity index (χ0v) is 11.8. The molecule has 4 heteroatoms. The highest BCUT2D eigenvalue weighted by molar-refractivity contribution is 5.23. The average molecular weight is 270 g/mol. The van der Waals surface area contributed by atoms with Crippen LogP contribution >= 0.6 is 0 Å². The maximum absolute atomic E-state index is 3.22. The number of benzene rings is 1. The van der Waals surface area contributed by atoms with Crippen molar-refractivity contribution in [1.82, 2.24) is 20.4 Å². The van der Waals surface area contributed by atoms with Gasteiger partial charge in [0.15, 0.2) is 0 Å². The summed E-state index contributed by atoms with van der Waals surface area (Å²) in [6.07, 6.45) is 8.30. The molecule has 0 unspecified atom stereocenters. The van der Waals surface area contributed by atoms with Gasteiger partial charge in [-0.2, -0.15) is 0 Å². The van der Waals surface area contributed by atoms with E-state index in [1.165, 1.54) is 11.1 Å². The molecule has 2 aliphatic heterocycles. The fraction of sp³-hybridized carbons (Fsp3) is 0.375. The zero-order chi connectivity index (χ0) is 13.6. The monoisotopic (exact) mass is 270 g/mol. The van der Waals surface area contributed by atoms with Crippen LogP contribution < -0.4 is 10.6 Å². The van der Waals surface area contributed by atoms with Gasteiger partial charge in [0.2, 0.25) is 0 Å². The first-order valence-electron chi connectivity index (χ1n) is 7.26. The van der Waals surface area contributed by atoms with E-state index in [-0.39, 0.29) is 0 Å². The molecule has 106 valence electrons. The van der Waals surface area contributed by atoms with Crippen LogP contribution in [0, 0.1) is 0 Å². The van der Waals surface area contributed by atoms with Crippen LogP contribution in [0.5, 0.6) is 0 Å². The Balaban J connectivity index is 1.56. The number of nitrogens with zero attached hydrogens (tertiary/aromatic N) is 2. The van der Waals surface area contributed by atoms with Crippen LogP contribution in [0.3, 0.4) is 0 Å². The van der Waals surface area contributed by atoms with Crippen LogP contribution in [-0.2, 0) is 13.1 Å². The van der Waals surface area contributed by atoms with Crippen molar-refractivity contribution in [2.24, 2.45) is 0 Å². The van der Waals surface area contributed by atoms with E-state index < -0.39 is 0 Å². The third kappa shape index (κ3) is 3.47. The topological polar surface area (TPSA) is 30.5 Å². The highest BCUT2D eigenvalue weighted by Crippen LogP contribution is 2.11. The quantitative estimate of drug-likeness (QED) is 0.867. The van der Waals surface area contributed by atoms with Crippen molar-refractivity contribution in [3.8, 4) is 0 Å². The molecule has 4 nitrogen and oxygen atoms in total. The summed E-state index contributed by atoms with van der Waals surface area (Å²) in [6, 6.07) is 8.99. The highest BCUT2D eigenvalue weighted by Gasteiger charge is 2.06. The molecule has 0 bridgehead atoms. The first-order valence-corrected chi connectivity index (χ1v) is 7.26. The van der Waals surface area contributed by atoms with E-state index in [2.05, 4.69) is 57.1 Å². The van der Waals surface area contributed by atoms with Gasteiger partial charge in [-0.15, -0.1) is 0 Å². The van der Waals surface area contributed by atoms with Gasteiger partial charge in [-0.3, -0.25) is 0 Å². The highest BCUT2D eigenvalue weighted by atomic mass is 15.2. The molecule has 1 aromatic rings. The summed E-state index contributed by atoms with van der Waals surface area (Å²) in [6.45, 7) is 6.19. The Morgan fingerprint density at radius 2 is 1.20 bits per heavy atom. The molecule has 0 aromatic heterocycles. The minimum absolute atomic E-state index is 0.992. The Hall–Kier alpha value is -2.10. The molecule has 1 aromatic carbocycles. The van der Waals surface area contributed by atoms with Gasteiger partial charge in [0.05, 0.1) is 0 Å². The van der Waals surface area contributed by atoms with E-state index in [0.717, 1.165) is 39.3 Å². The molecule has 2 N–H and O–H groups in total. The fourth-order valence-electron chi connectivity index (χ4n) is 2.53. The molecule has 2 heterocycles. The second-order valence-electron chi connectivity index (χ2n) is 5.30. The summed E-state index contributed by atoms with van der Waals surface area (Å²) in [5.74, 6) is 0. The summed E-state index contributed by atoms with van der Waals surface area (Å²) in [7, 11) is 0. The van der Waals surface area contributed by atoms with Gasteiger partial charge in [-0.1, -0.05) is 24.3 Å². The largest absolute Gasteiger partial charge is 0.388 e. The number of hydrogen-bond acceptors (Lipinski definition) is 4. The molecule has 0 atom stereocenters. The van der Waals surface area contributed by atoms with Crippen LogP contribution in [0.4, 0.5) is 0 Å². The van der Waals surface area contributed by atoms with Crippen molar-refractivity contribution < 1.29 is 0 Å². The van der Waals surface area contributed by atoms with Crippen molar-refractivity contribution in [2.75, 3.05) is 26.2 Å². The van der Waals surface area contributed by atoms with Gasteiger partial charge >= 0.3 is 0 Å². The van der Waals surface area contributed by atoms with Crippen molar-refractivity contribution in [3.63, 3.8) is 0 Å². The molecule has 0 spiro atoms. The van der Waals surface area contributed by atoms with Crippen molar-refractivity contribution in [3.05, 3.63) is 60.2 Å². The SMILES string of the molecule is C1=CN(Cc2ccc(CN3C=CNCC3)cc2)CCN1. The van der Waals surface area contributed by atoms with E-state index in [1.807, 2.05) is 12.4 Å². The first-order chi connectivity index (χ1) is 9.90. The number of hydrogen-bond donors (Lipinski definition) is 2. The Bertz CT molecular complexity index is 433. The molecule has 0 fully saturated rings. The molecule has 0 saturated heterocycles. The molecule has 0 radical (unpaired) electrons. The Morgan fingerprint density at radius 3 is 1.55 bits per heavy atom. The fourth-order valence-corrected chi connectivity index (χ4v) is 2.53. The van der Waals surface area contributed by atoms with Crippen LogP contribution in [0.2, 0.25) is 0 Å². The zero-order valence-electron chi connectivity index (χ0n) is 11.8. The number of rotatable bonds is 4. The van der Waals surface area contributed by atoms with Crippen LogP contribution in [-0.4, -0.2) is 36.0 Å². The van der Waals surface area contributed by atoms with Gasteiger partial charge in [-0.05, 0) is 11.1 Å². The van der Waals surface area contributed by atoms with Crippen molar-refractivity contribution >= 4 is 0 Å². The van der Waals surface area contributed by atoms with Crippen LogP contribution in [0.25, 0.3) is 0 Å². The van der Waals surface area contributed by atoms with E-state index in [4.69, 9.17) is 0 Å². The third-order valence-corrected chi connectivity index (χ3v) is 3.69. The maximum Gasteiger partial charge on any atom is 0.0425 e. The molecule has 20 heavy (non-hydrogen) atoms. The summed E-state index contributed by atoms with van der Waals surface area (Å²) >= 11 is 0. The Kier molecular flexibility index (Phi) is 4.11. The Labute approximate surface area is 120 Å². The molecule has 3 rings (SSSR count). The lowest BCUT2D eigenvalue weighted by atomic mass is 10.1. The average Bonchev–Trinajstić information content (AvgIpc) is 2.51. The second kappa shape index (κ2) is 6.37. The standard InChI is InChI=1S/C16H22N4/c1-2-16(14-20-11-7-18-8-12-20)4-3-15(1)13-19-9-5-17-6-10-19/h1-5,7,9,11,17-18H,6,8,10,12-14H2. The lowest BCUT2D eigenvalue weighted by Crippen LogP contribution is -2.31. The molecular formula is C16H22N4. The molecule has 0 amide bonds. The molecular weight excluding hydrogens is 248 g/mol. The van der Waals surface area contributed by atoms with E-state index in [1.54, 1.807) is 0 Å². The molecule has 0 saturated carbocycles. The van der Waals surface area contributed by atoms with Gasteiger partial charge in [-0.25, -0.2) is 0 Å². The van der Waals surface area contributed by atoms with E-state index in [9.17, 15) is 0 Å². The first kappa shape index (κ1) is 12.9. The Morgan fingerprint density at radius 1 is 0.750 bits per heavy atom. The maximum atomic E-state index is 3.22. The van der Waals surface area contributed by atoms with Crippen molar-refractivity contribution in [2.45, 2.75) is 13.1 Å². The lowest BCUT2D eigenvalue weighted by Gasteiger charge is -2.25. The lowest BCUT2D eigenvalue weighted by molar-refractivity contribution is 0.350. The summed E-state index contributed by atoms with van der Waals surface area (Å²) in [4.78, 5) is 4.68. The van der Waals surface area contributed by atoms with Gasteiger partial charge in [0.1, 0.15) is 0 Å². The normalized spacial score (nSPS) is 17.8. The van der Waals surface area contributed by atoms with E-state index >= 15 is 0 Å². The van der Waals surface area contributed by atoms with Crippen LogP contribution in [0.15, 0.2) is 49.1 Å². The van der Waals surface area contributed by atoms with E-state index in [0.29, 0.717) is 0 Å². The third-order valence-electron chi connectivity index (χ3n) is 3.69. The number of nitrogens with one attached hydrogen (secondary N) is 2. The van der Waals surface area contributed by atoms with Gasteiger partial charge in [0, 0.05) is 64.1 Å². The summed E-state index contributed by atoms with van der Waals surface area (Å²) in [5.41, 5.74) is 2.74. The van der Waals surface area contributed by atoms with Crippen molar-refractivity contribution in [1.29, 1.82) is 0 Å². The van der Waals surface area contributed by atoms with Gasteiger partial charge in [0.25, 0.3) is 0 Å². The van der Waals surface area contributed by atoms with Gasteiger partial charge < -0.3 is 20.4 Å². The molecule has 0 aliphatic carbocycles. The van der Waals surface area contributed by atoms with Crippen LogP contribution in [0.1, 0.15) is 11.1 Å². The summed E-state index contributed by atoms with van der Waals surface area (Å²) in [5, 5.41) is 6.43.